The van der Waals surface area contributed by atoms with Gasteiger partial charge < -0.3 is 14.5 Å². The summed E-state index contributed by atoms with van der Waals surface area (Å²) in [6.45, 7) is 5.22. The Bertz CT molecular complexity index is 542. The summed E-state index contributed by atoms with van der Waals surface area (Å²) in [5.41, 5.74) is 0.779. The molecule has 0 saturated heterocycles. The molecule has 2 aromatic rings. The van der Waals surface area contributed by atoms with Crippen molar-refractivity contribution in [1.82, 2.24) is 25.5 Å². The van der Waals surface area contributed by atoms with Crippen molar-refractivity contribution in [2.24, 2.45) is 0 Å². The van der Waals surface area contributed by atoms with Crippen LogP contribution in [0.2, 0.25) is 0 Å². The number of aromatic nitrogens is 4. The van der Waals surface area contributed by atoms with Crippen LogP contribution < -0.4 is 15.4 Å². The van der Waals surface area contributed by atoms with E-state index in [2.05, 4.69) is 30.8 Å². The molecule has 102 valence electrons. The van der Waals surface area contributed by atoms with Crippen LogP contribution in [0.15, 0.2) is 10.5 Å². The van der Waals surface area contributed by atoms with Crippen molar-refractivity contribution in [3.63, 3.8) is 0 Å². The Hall–Kier alpha value is -2.22. The molecular weight excluding hydrogens is 248 g/mol. The highest BCUT2D eigenvalue weighted by Gasteiger charge is 2.08. The van der Waals surface area contributed by atoms with Gasteiger partial charge in [0.2, 0.25) is 17.7 Å². The van der Waals surface area contributed by atoms with Crippen molar-refractivity contribution in [3.05, 3.63) is 17.7 Å². The van der Waals surface area contributed by atoms with Gasteiger partial charge in [-0.05, 0) is 13.5 Å². The van der Waals surface area contributed by atoms with Gasteiger partial charge in [-0.15, -0.1) is 5.10 Å². The minimum atomic E-state index is 0.251. The second-order valence-electron chi connectivity index (χ2n) is 3.78. The summed E-state index contributed by atoms with van der Waals surface area (Å²) in [6.07, 6.45) is 0. The van der Waals surface area contributed by atoms with E-state index in [9.17, 15) is 0 Å². The number of anilines is 2. The monoisotopic (exact) mass is 264 g/mol. The second-order valence-corrected chi connectivity index (χ2v) is 3.78. The number of nitrogens with zero attached hydrogens (tertiary/aromatic N) is 4. The Kier molecular flexibility index (Phi) is 4.24. The molecule has 0 aromatic carbocycles. The fourth-order valence-corrected chi connectivity index (χ4v) is 1.40. The lowest BCUT2D eigenvalue weighted by Crippen LogP contribution is -2.11. The SMILES string of the molecule is CCNCc1nnc(Nc2nc(C)cc(OC)n2)o1. The highest BCUT2D eigenvalue weighted by molar-refractivity contribution is 5.41. The standard InChI is InChI=1S/C11H16N6O2/c1-4-12-6-9-16-17-11(19-9)15-10-13-7(2)5-8(14-10)18-3/h5,12H,4,6H2,1-3H3,(H,13,14,15,17). The van der Waals surface area contributed by atoms with Gasteiger partial charge in [0.25, 0.3) is 0 Å². The fourth-order valence-electron chi connectivity index (χ4n) is 1.40. The zero-order chi connectivity index (χ0) is 13.7. The van der Waals surface area contributed by atoms with E-state index in [1.807, 2.05) is 13.8 Å². The van der Waals surface area contributed by atoms with Crippen LogP contribution in [0.4, 0.5) is 12.0 Å². The number of hydrogen-bond acceptors (Lipinski definition) is 8. The third kappa shape index (κ3) is 3.62. The third-order valence-electron chi connectivity index (χ3n) is 2.25. The summed E-state index contributed by atoms with van der Waals surface area (Å²) < 4.78 is 10.5. The molecular formula is C11H16N6O2. The minimum Gasteiger partial charge on any atom is -0.481 e. The van der Waals surface area contributed by atoms with E-state index in [-0.39, 0.29) is 6.01 Å². The van der Waals surface area contributed by atoms with E-state index >= 15 is 0 Å². The van der Waals surface area contributed by atoms with Gasteiger partial charge in [-0.3, -0.25) is 5.32 Å². The van der Waals surface area contributed by atoms with Crippen LogP contribution in [-0.2, 0) is 6.54 Å². The number of ether oxygens (including phenoxy) is 1. The molecule has 2 rings (SSSR count). The smallest absolute Gasteiger partial charge is 0.322 e. The molecule has 2 aromatic heterocycles. The number of hydrogen-bond donors (Lipinski definition) is 2. The molecule has 0 spiro atoms. The maximum Gasteiger partial charge on any atom is 0.322 e. The molecule has 2 heterocycles. The number of methoxy groups -OCH3 is 1. The van der Waals surface area contributed by atoms with E-state index in [4.69, 9.17) is 9.15 Å². The van der Waals surface area contributed by atoms with Gasteiger partial charge in [-0.25, -0.2) is 4.98 Å². The summed E-state index contributed by atoms with van der Waals surface area (Å²) in [5, 5.41) is 13.7. The van der Waals surface area contributed by atoms with Crippen molar-refractivity contribution >= 4 is 12.0 Å². The van der Waals surface area contributed by atoms with Gasteiger partial charge in [0.05, 0.1) is 13.7 Å². The first-order valence-corrected chi connectivity index (χ1v) is 5.91. The van der Waals surface area contributed by atoms with Crippen molar-refractivity contribution in [2.75, 3.05) is 19.0 Å². The molecule has 0 saturated carbocycles. The highest BCUT2D eigenvalue weighted by Crippen LogP contribution is 2.15. The quantitative estimate of drug-likeness (QED) is 0.798. The van der Waals surface area contributed by atoms with Crippen molar-refractivity contribution < 1.29 is 9.15 Å². The predicted molar refractivity (Wildman–Crippen MR) is 68.3 cm³/mol. The zero-order valence-electron chi connectivity index (χ0n) is 11.1. The number of nitrogens with one attached hydrogen (secondary N) is 2. The van der Waals surface area contributed by atoms with Crippen LogP contribution in [0, 0.1) is 6.92 Å². The molecule has 0 radical (unpaired) electrons. The summed E-state index contributed by atoms with van der Waals surface area (Å²) >= 11 is 0. The minimum absolute atomic E-state index is 0.251. The largest absolute Gasteiger partial charge is 0.481 e. The van der Waals surface area contributed by atoms with E-state index in [0.717, 1.165) is 12.2 Å². The number of rotatable bonds is 6. The highest BCUT2D eigenvalue weighted by atomic mass is 16.5. The van der Waals surface area contributed by atoms with Crippen LogP contribution in [0.25, 0.3) is 0 Å². The molecule has 19 heavy (non-hydrogen) atoms. The van der Waals surface area contributed by atoms with Gasteiger partial charge in [0.1, 0.15) is 0 Å². The van der Waals surface area contributed by atoms with Gasteiger partial charge in [-0.2, -0.15) is 4.98 Å². The second kappa shape index (κ2) is 6.10. The van der Waals surface area contributed by atoms with Crippen LogP contribution in [0.3, 0.4) is 0 Å². The maximum atomic E-state index is 5.39. The van der Waals surface area contributed by atoms with Crippen molar-refractivity contribution in [1.29, 1.82) is 0 Å². The first-order chi connectivity index (χ1) is 9.21. The Morgan fingerprint density at radius 1 is 1.32 bits per heavy atom. The first-order valence-electron chi connectivity index (χ1n) is 5.91. The summed E-state index contributed by atoms with van der Waals surface area (Å²) in [4.78, 5) is 8.33. The van der Waals surface area contributed by atoms with Gasteiger partial charge in [-0.1, -0.05) is 12.0 Å². The lowest BCUT2D eigenvalue weighted by molar-refractivity contribution is 0.397. The molecule has 8 heteroatoms. The van der Waals surface area contributed by atoms with Gasteiger partial charge >= 0.3 is 6.01 Å². The molecule has 0 fully saturated rings. The Morgan fingerprint density at radius 3 is 2.89 bits per heavy atom. The predicted octanol–water partition coefficient (Wildman–Crippen LogP) is 1.03. The molecule has 8 nitrogen and oxygen atoms in total. The van der Waals surface area contributed by atoms with E-state index < -0.39 is 0 Å². The van der Waals surface area contributed by atoms with E-state index in [1.54, 1.807) is 13.2 Å². The molecule has 0 bridgehead atoms. The summed E-state index contributed by atoms with van der Waals surface area (Å²) in [6, 6.07) is 1.98. The normalized spacial score (nSPS) is 10.5. The molecule has 2 N–H and O–H groups in total. The lowest BCUT2D eigenvalue weighted by atomic mass is 10.4. The Balaban J connectivity index is 2.08. The zero-order valence-corrected chi connectivity index (χ0v) is 11.1. The fraction of sp³-hybridized carbons (Fsp3) is 0.455. The van der Waals surface area contributed by atoms with Crippen LogP contribution in [-0.4, -0.2) is 33.8 Å². The molecule has 0 unspecified atom stereocenters. The molecule has 0 aliphatic heterocycles. The molecule has 0 aliphatic carbocycles. The maximum absolute atomic E-state index is 5.39. The van der Waals surface area contributed by atoms with Crippen molar-refractivity contribution in [3.8, 4) is 5.88 Å². The third-order valence-corrected chi connectivity index (χ3v) is 2.25. The lowest BCUT2D eigenvalue weighted by Gasteiger charge is -2.03. The van der Waals surface area contributed by atoms with E-state index in [0.29, 0.717) is 24.3 Å². The van der Waals surface area contributed by atoms with Gasteiger partial charge in [0, 0.05) is 11.8 Å². The first kappa shape index (κ1) is 13.2. The van der Waals surface area contributed by atoms with Gasteiger partial charge in [0.15, 0.2) is 0 Å². The summed E-state index contributed by atoms with van der Waals surface area (Å²) in [5.74, 6) is 1.34. The van der Waals surface area contributed by atoms with Crippen LogP contribution in [0.5, 0.6) is 5.88 Å². The topological polar surface area (TPSA) is 98.0 Å². The molecule has 0 atom stereocenters. The Labute approximate surface area is 110 Å². The van der Waals surface area contributed by atoms with Crippen LogP contribution in [0.1, 0.15) is 18.5 Å². The summed E-state index contributed by atoms with van der Waals surface area (Å²) in [7, 11) is 1.55. The average Bonchev–Trinajstić information content (AvgIpc) is 2.83. The average molecular weight is 264 g/mol. The van der Waals surface area contributed by atoms with Crippen LogP contribution >= 0.6 is 0 Å². The molecule has 0 amide bonds. The number of aryl methyl sites for hydroxylation is 1. The Morgan fingerprint density at radius 2 is 2.16 bits per heavy atom. The van der Waals surface area contributed by atoms with E-state index in [1.165, 1.54) is 0 Å². The van der Waals surface area contributed by atoms with Crippen molar-refractivity contribution in [2.45, 2.75) is 20.4 Å². The molecule has 0 aliphatic rings.